The highest BCUT2D eigenvalue weighted by molar-refractivity contribution is 7.99. The summed E-state index contributed by atoms with van der Waals surface area (Å²) in [5.41, 5.74) is 5.22. The van der Waals surface area contributed by atoms with Gasteiger partial charge in [0.1, 0.15) is 0 Å². The summed E-state index contributed by atoms with van der Waals surface area (Å²) in [4.78, 5) is 12.7. The second kappa shape index (κ2) is 5.14. The molecular weight excluding hydrogens is 252 g/mol. The first-order valence-electron chi connectivity index (χ1n) is 6.23. The van der Waals surface area contributed by atoms with Gasteiger partial charge in [0.25, 0.3) is 0 Å². The summed E-state index contributed by atoms with van der Waals surface area (Å²) in [6.07, 6.45) is 3.90. The van der Waals surface area contributed by atoms with Crippen LogP contribution in [0, 0.1) is 11.3 Å². The SMILES string of the molecule is CC1CC(C(=O)NC2CCCSC2)(C(N)=S)C1. The molecule has 1 amide bonds. The number of carbonyl (C=O) groups excluding carboxylic acids is 1. The van der Waals surface area contributed by atoms with E-state index in [4.69, 9.17) is 18.0 Å². The molecule has 3 N–H and O–H groups in total. The minimum Gasteiger partial charge on any atom is -0.392 e. The van der Waals surface area contributed by atoms with Crippen LogP contribution in [0.25, 0.3) is 0 Å². The quantitative estimate of drug-likeness (QED) is 0.768. The topological polar surface area (TPSA) is 55.1 Å². The van der Waals surface area contributed by atoms with Crippen LogP contribution in [0.15, 0.2) is 0 Å². The number of carbonyl (C=O) groups is 1. The molecule has 96 valence electrons. The van der Waals surface area contributed by atoms with Gasteiger partial charge in [-0.3, -0.25) is 4.79 Å². The minimum absolute atomic E-state index is 0.0654. The Morgan fingerprint density at radius 1 is 1.53 bits per heavy atom. The molecule has 1 aliphatic heterocycles. The van der Waals surface area contributed by atoms with Crippen molar-refractivity contribution in [2.45, 2.75) is 38.6 Å². The largest absolute Gasteiger partial charge is 0.392 e. The number of rotatable bonds is 3. The van der Waals surface area contributed by atoms with Crippen LogP contribution in [0.3, 0.4) is 0 Å². The molecule has 1 saturated heterocycles. The van der Waals surface area contributed by atoms with Crippen LogP contribution in [0.4, 0.5) is 0 Å². The summed E-state index contributed by atoms with van der Waals surface area (Å²) in [7, 11) is 0. The lowest BCUT2D eigenvalue weighted by atomic mass is 9.62. The third-order valence-electron chi connectivity index (χ3n) is 3.80. The summed E-state index contributed by atoms with van der Waals surface area (Å²) >= 11 is 7.00. The van der Waals surface area contributed by atoms with Gasteiger partial charge in [0, 0.05) is 11.8 Å². The van der Waals surface area contributed by atoms with E-state index in [-0.39, 0.29) is 5.91 Å². The highest BCUT2D eigenvalue weighted by atomic mass is 32.2. The fourth-order valence-electron chi connectivity index (χ4n) is 2.81. The van der Waals surface area contributed by atoms with E-state index in [0.29, 0.717) is 16.9 Å². The molecule has 0 aromatic carbocycles. The van der Waals surface area contributed by atoms with Crippen molar-refractivity contribution in [3.8, 4) is 0 Å². The Morgan fingerprint density at radius 2 is 2.24 bits per heavy atom. The van der Waals surface area contributed by atoms with Crippen LogP contribution in [0.5, 0.6) is 0 Å². The predicted molar refractivity (Wildman–Crippen MR) is 76.1 cm³/mol. The molecule has 1 saturated carbocycles. The van der Waals surface area contributed by atoms with Gasteiger partial charge in [0.2, 0.25) is 5.91 Å². The monoisotopic (exact) mass is 272 g/mol. The first-order valence-corrected chi connectivity index (χ1v) is 7.79. The number of thiocarbonyl (C=S) groups is 1. The number of amides is 1. The van der Waals surface area contributed by atoms with Gasteiger partial charge in [-0.25, -0.2) is 0 Å². The standard InChI is InChI=1S/C12H20N2OS2/c1-8-5-12(6-8,10(13)16)11(15)14-9-3-2-4-17-7-9/h8-9H,2-7H2,1H3,(H2,13,16)(H,14,15). The lowest BCUT2D eigenvalue weighted by Gasteiger charge is -2.45. The second-order valence-corrected chi connectivity index (χ2v) is 6.94. The van der Waals surface area contributed by atoms with E-state index >= 15 is 0 Å². The van der Waals surface area contributed by atoms with Crippen molar-refractivity contribution in [1.29, 1.82) is 0 Å². The zero-order valence-electron chi connectivity index (χ0n) is 10.2. The van der Waals surface area contributed by atoms with Crippen LogP contribution >= 0.6 is 24.0 Å². The van der Waals surface area contributed by atoms with Crippen molar-refractivity contribution in [3.05, 3.63) is 0 Å². The molecule has 2 rings (SSSR count). The second-order valence-electron chi connectivity index (χ2n) is 5.35. The maximum Gasteiger partial charge on any atom is 0.233 e. The fourth-order valence-corrected chi connectivity index (χ4v) is 4.14. The van der Waals surface area contributed by atoms with Crippen molar-refractivity contribution < 1.29 is 4.79 Å². The van der Waals surface area contributed by atoms with E-state index in [1.165, 1.54) is 12.2 Å². The smallest absolute Gasteiger partial charge is 0.233 e. The van der Waals surface area contributed by atoms with Gasteiger partial charge in [-0.05, 0) is 37.4 Å². The first-order chi connectivity index (χ1) is 8.04. The van der Waals surface area contributed by atoms with Crippen LogP contribution in [-0.2, 0) is 4.79 Å². The Hall–Kier alpha value is -0.290. The Kier molecular flexibility index (Phi) is 3.98. The number of hydrogen-bond donors (Lipinski definition) is 2. The zero-order chi connectivity index (χ0) is 12.5. The maximum absolute atomic E-state index is 12.3. The lowest BCUT2D eigenvalue weighted by molar-refractivity contribution is -0.133. The number of nitrogens with one attached hydrogen (secondary N) is 1. The number of hydrogen-bond acceptors (Lipinski definition) is 3. The highest BCUT2D eigenvalue weighted by Crippen LogP contribution is 2.46. The lowest BCUT2D eigenvalue weighted by Crippen LogP contribution is -2.58. The fraction of sp³-hybridized carbons (Fsp3) is 0.833. The highest BCUT2D eigenvalue weighted by Gasteiger charge is 2.51. The molecule has 1 aliphatic carbocycles. The molecule has 0 aromatic heterocycles. The average molecular weight is 272 g/mol. The number of thioether (sulfide) groups is 1. The molecule has 2 fully saturated rings. The maximum atomic E-state index is 12.3. The third kappa shape index (κ3) is 2.60. The summed E-state index contributed by atoms with van der Waals surface area (Å²) < 4.78 is 0. The molecule has 1 unspecified atom stereocenters. The molecule has 5 heteroatoms. The normalized spacial score (nSPS) is 37.0. The minimum atomic E-state index is -0.545. The molecule has 0 radical (unpaired) electrons. The molecule has 2 aliphatic rings. The Bertz CT molecular complexity index is 320. The van der Waals surface area contributed by atoms with Gasteiger partial charge in [-0.15, -0.1) is 0 Å². The van der Waals surface area contributed by atoms with Crippen molar-refractivity contribution in [1.82, 2.24) is 5.32 Å². The molecular formula is C12H20N2OS2. The Labute approximate surface area is 112 Å². The number of nitrogens with two attached hydrogens (primary N) is 1. The molecule has 1 heterocycles. The van der Waals surface area contributed by atoms with Crippen molar-refractivity contribution >= 4 is 34.9 Å². The van der Waals surface area contributed by atoms with E-state index in [9.17, 15) is 4.79 Å². The van der Waals surface area contributed by atoms with Crippen molar-refractivity contribution in [2.75, 3.05) is 11.5 Å². The Morgan fingerprint density at radius 3 is 2.71 bits per heavy atom. The first kappa shape index (κ1) is 13.1. The van der Waals surface area contributed by atoms with Gasteiger partial charge < -0.3 is 11.1 Å². The van der Waals surface area contributed by atoms with Gasteiger partial charge in [0.05, 0.1) is 10.4 Å². The molecule has 0 aromatic rings. The molecule has 0 spiro atoms. The Balaban J connectivity index is 1.95. The van der Waals surface area contributed by atoms with E-state index in [2.05, 4.69) is 12.2 Å². The van der Waals surface area contributed by atoms with E-state index in [1.54, 1.807) is 0 Å². The van der Waals surface area contributed by atoms with E-state index < -0.39 is 5.41 Å². The summed E-state index contributed by atoms with van der Waals surface area (Å²) in [5, 5.41) is 3.14. The molecule has 0 bridgehead atoms. The van der Waals surface area contributed by atoms with Crippen molar-refractivity contribution in [3.63, 3.8) is 0 Å². The van der Waals surface area contributed by atoms with Crippen LogP contribution < -0.4 is 11.1 Å². The van der Waals surface area contributed by atoms with Crippen LogP contribution in [0.1, 0.15) is 32.6 Å². The summed E-state index contributed by atoms with van der Waals surface area (Å²) in [6.45, 7) is 2.14. The molecule has 3 nitrogen and oxygen atoms in total. The van der Waals surface area contributed by atoms with Crippen molar-refractivity contribution in [2.24, 2.45) is 17.1 Å². The van der Waals surface area contributed by atoms with E-state index in [0.717, 1.165) is 25.0 Å². The van der Waals surface area contributed by atoms with Crippen LogP contribution in [-0.4, -0.2) is 28.4 Å². The predicted octanol–water partition coefficient (Wildman–Crippen LogP) is 1.70. The molecule has 17 heavy (non-hydrogen) atoms. The van der Waals surface area contributed by atoms with Gasteiger partial charge in [-0.2, -0.15) is 11.8 Å². The zero-order valence-corrected chi connectivity index (χ0v) is 11.8. The van der Waals surface area contributed by atoms with Gasteiger partial charge >= 0.3 is 0 Å². The van der Waals surface area contributed by atoms with Crippen LogP contribution in [0.2, 0.25) is 0 Å². The average Bonchev–Trinajstić information content (AvgIpc) is 2.25. The summed E-state index contributed by atoms with van der Waals surface area (Å²) in [6, 6.07) is 0.309. The molecule has 1 atom stereocenters. The summed E-state index contributed by atoms with van der Waals surface area (Å²) in [5.74, 6) is 2.86. The van der Waals surface area contributed by atoms with Gasteiger partial charge in [-0.1, -0.05) is 19.1 Å². The van der Waals surface area contributed by atoms with E-state index in [1.807, 2.05) is 11.8 Å². The third-order valence-corrected chi connectivity index (χ3v) is 5.40. The van der Waals surface area contributed by atoms with Gasteiger partial charge in [0.15, 0.2) is 0 Å².